The van der Waals surface area contributed by atoms with E-state index in [1.807, 2.05) is 0 Å². The fourth-order valence-electron chi connectivity index (χ4n) is 4.89. The number of phenols is 2. The number of carboxylic acids is 1. The van der Waals surface area contributed by atoms with E-state index in [9.17, 15) is 48.7 Å². The first-order chi connectivity index (χ1) is 26.4. The van der Waals surface area contributed by atoms with Gasteiger partial charge in [0.2, 0.25) is 0 Å². The molecule has 5 rings (SSSR count). The molecule has 0 aliphatic rings. The summed E-state index contributed by atoms with van der Waals surface area (Å²) in [5, 5.41) is 89.7. The molecule has 22 nitrogen and oxygen atoms in total. The second kappa shape index (κ2) is 25.9. The minimum Gasteiger partial charge on any atom is -0.744 e. The molecule has 0 bridgehead atoms. The third kappa shape index (κ3) is 14.3. The smallest absolute Gasteiger partial charge is 0.744 e. The number of rotatable bonds is 18. The number of hydrogen-bond donors (Lipinski definition) is 4. The Morgan fingerprint density at radius 3 is 2.20 bits per heavy atom. The fourth-order valence-corrected chi connectivity index (χ4v) is 6.10. The van der Waals surface area contributed by atoms with Crippen LogP contribution >= 0.6 is 24.4 Å². The maximum absolute atomic E-state index is 12.2. The summed E-state index contributed by atoms with van der Waals surface area (Å²) in [6, 6.07) is 12.5. The molecular weight excluding hydrogens is 929 g/mol. The number of carbonyl (C=O) groups is 1. The predicted octanol–water partition coefficient (Wildman–Crippen LogP) is -4.44. The third-order valence-corrected chi connectivity index (χ3v) is 9.12. The molecule has 4 aromatic carbocycles. The van der Waals surface area contributed by atoms with Crippen LogP contribution in [0.15, 0.2) is 90.9 Å². The van der Waals surface area contributed by atoms with E-state index in [0.29, 0.717) is 53.9 Å². The topological polar surface area (TPSA) is 324 Å². The van der Waals surface area contributed by atoms with Gasteiger partial charge in [0.25, 0.3) is 5.88 Å². The molecule has 0 atom stereocenters. The fraction of sp³-hybridized carbons (Fsp3) is 0.133. The summed E-state index contributed by atoms with van der Waals surface area (Å²) in [5.41, 5.74) is -0.978. The van der Waals surface area contributed by atoms with Gasteiger partial charge in [-0.05, 0) is 72.3 Å². The molecule has 0 saturated carbocycles. The van der Waals surface area contributed by atoms with Crippen molar-refractivity contribution in [2.24, 2.45) is 20.5 Å². The van der Waals surface area contributed by atoms with Crippen LogP contribution in [0, 0.1) is 0 Å². The number of methoxy groups -OCH3 is 1. The first-order valence-corrected chi connectivity index (χ1v) is 17.7. The van der Waals surface area contributed by atoms with Crippen molar-refractivity contribution in [1.29, 1.82) is 0 Å². The summed E-state index contributed by atoms with van der Waals surface area (Å²) in [4.78, 5) is 11.7. The zero-order chi connectivity index (χ0) is 39.7. The molecule has 5 aromatic rings. The van der Waals surface area contributed by atoms with Gasteiger partial charge in [-0.25, -0.2) is 17.9 Å². The Morgan fingerprint density at radius 1 is 0.898 bits per heavy atom. The van der Waals surface area contributed by atoms with Gasteiger partial charge in [-0.3, -0.25) is 14.3 Å². The Hall–Kier alpha value is -1.93. The largest absolute Gasteiger partial charge is 1.00 e. The molecule has 1 heterocycles. The summed E-state index contributed by atoms with van der Waals surface area (Å²) in [6.07, 6.45) is 0.803. The Kier molecular flexibility index (Phi) is 24.2. The van der Waals surface area contributed by atoms with Gasteiger partial charge in [-0.15, -0.1) is 24.8 Å². The van der Waals surface area contributed by atoms with E-state index < -0.39 is 44.0 Å². The number of hydrogen-bond acceptors (Lipinski definition) is 22. The van der Waals surface area contributed by atoms with Gasteiger partial charge in [0.15, 0.2) is 29.5 Å². The van der Waals surface area contributed by atoms with Crippen LogP contribution < -0.4 is 104 Å². The normalized spacial score (nSPS) is 11.2. The van der Waals surface area contributed by atoms with Crippen LogP contribution in [0.2, 0.25) is 0 Å². The molecule has 0 spiro atoms. The van der Waals surface area contributed by atoms with Crippen LogP contribution in [-0.4, -0.2) is 62.9 Å². The van der Waals surface area contributed by atoms with Crippen molar-refractivity contribution < 1.29 is 182 Å². The number of carboxylic acid groups (broad SMARTS) is 1. The van der Waals surface area contributed by atoms with E-state index in [4.69, 9.17) is 8.92 Å². The third-order valence-electron chi connectivity index (χ3n) is 7.28. The standard InChI is InChI=1S/C30H26N6O16S3.Cu.3Na/c1-47-23-14-21(22(37)11-16(23)3-2-10-48-54-52-50-43)32-33-25-24(53-51-49-42)12-15-4-5-17(13-20(15)28(25)38)31-34-26-27(30(40)41)36(35-29(26)39)18-6-8-19(9-7-18)55(44,45)46;;;;/h4-9,11-14,37-38,42-43H,2-3,10H2,1H3,(H,35,39)(H,40,41)(H,44,45,46);;;;/q;;3*+1/p-3. The number of aromatic nitrogens is 2. The predicted molar refractivity (Wildman–Crippen MR) is 181 cm³/mol. The molecule has 59 heavy (non-hydrogen) atoms. The Morgan fingerprint density at radius 2 is 1.58 bits per heavy atom. The van der Waals surface area contributed by atoms with E-state index >= 15 is 0 Å². The van der Waals surface area contributed by atoms with E-state index in [0.717, 1.165) is 28.9 Å². The minimum atomic E-state index is -4.79. The van der Waals surface area contributed by atoms with Gasteiger partial charge in [-0.2, -0.15) is 9.45 Å². The van der Waals surface area contributed by atoms with Crippen LogP contribution in [-0.2, 0) is 56.5 Å². The molecule has 0 unspecified atom stereocenters. The van der Waals surface area contributed by atoms with Gasteiger partial charge in [0, 0.05) is 28.5 Å². The molecule has 0 aliphatic carbocycles. The Balaban J connectivity index is 0.00000435. The number of ether oxygens (including phenoxy) is 1. The number of benzene rings is 4. The van der Waals surface area contributed by atoms with Crippen molar-refractivity contribution in [3.05, 3.63) is 71.9 Å². The molecule has 0 saturated heterocycles. The summed E-state index contributed by atoms with van der Waals surface area (Å²) in [6.45, 7) is 0.160. The van der Waals surface area contributed by atoms with Gasteiger partial charge < -0.3 is 40.2 Å². The molecule has 0 aliphatic heterocycles. The first-order valence-electron chi connectivity index (χ1n) is 14.9. The number of azo groups is 2. The molecule has 1 aromatic heterocycles. The summed E-state index contributed by atoms with van der Waals surface area (Å²) in [5.74, 6) is -2.94. The number of aryl methyl sites for hydroxylation is 1. The zero-order valence-corrected chi connectivity index (χ0v) is 40.2. The quantitative estimate of drug-likeness (QED) is 0.0122. The van der Waals surface area contributed by atoms with E-state index in [2.05, 4.69) is 44.3 Å². The van der Waals surface area contributed by atoms with Gasteiger partial charge in [0.05, 0.1) is 46.9 Å². The molecule has 0 fully saturated rings. The second-order valence-electron chi connectivity index (χ2n) is 10.6. The Bertz CT molecular complexity index is 2380. The minimum absolute atomic E-state index is 0. The number of aromatic carboxylic acids is 1. The van der Waals surface area contributed by atoms with Crippen molar-refractivity contribution in [1.82, 2.24) is 9.78 Å². The van der Waals surface area contributed by atoms with Crippen LogP contribution in [0.25, 0.3) is 16.5 Å². The Labute approximate surface area is 418 Å². The van der Waals surface area contributed by atoms with E-state index in [1.165, 1.54) is 43.5 Å². The van der Waals surface area contributed by atoms with Crippen molar-refractivity contribution in [2.75, 3.05) is 13.7 Å². The van der Waals surface area contributed by atoms with E-state index in [1.54, 1.807) is 0 Å². The maximum Gasteiger partial charge on any atom is 1.00 e. The molecule has 301 valence electrons. The summed E-state index contributed by atoms with van der Waals surface area (Å²) >= 11 is 0.759. The summed E-state index contributed by atoms with van der Waals surface area (Å²) < 4.78 is 53.5. The van der Waals surface area contributed by atoms with Crippen LogP contribution in [0.5, 0.6) is 23.1 Å². The summed E-state index contributed by atoms with van der Waals surface area (Å²) in [7, 11) is -3.40. The monoisotopic (exact) mass is 951 g/mol. The number of phenolic OH excluding ortho intramolecular Hbond substituents is 2. The van der Waals surface area contributed by atoms with Gasteiger partial charge >= 0.3 is 94.6 Å². The van der Waals surface area contributed by atoms with Crippen LogP contribution in [0.4, 0.5) is 22.7 Å². The van der Waals surface area contributed by atoms with Crippen molar-refractivity contribution in [3.8, 4) is 28.8 Å². The van der Waals surface area contributed by atoms with Crippen LogP contribution in [0.1, 0.15) is 22.5 Å². The molecule has 1 radical (unpaired) electrons. The van der Waals surface area contributed by atoms with Gasteiger partial charge in [-0.1, -0.05) is 6.07 Å². The molecule has 0 amide bonds. The SMILES string of the molecule is COc1cc(N=Nc2c(SOO[O-])cc3ccc(N=Nc4c(O)nn(-c5ccc(S(=O)(=O)[O-])cc5)c4C(=O)O)cc3c2O)c(O)cc1CCCOSOO[O-].[Cu].[Na+].[Na+].[Na+]. The average Bonchev–Trinajstić information content (AvgIpc) is 3.50. The maximum atomic E-state index is 12.2. The zero-order valence-electron chi connectivity index (χ0n) is 30.8. The molecule has 29 heteroatoms. The molecule has 4 N–H and O–H groups in total. The van der Waals surface area contributed by atoms with Crippen molar-refractivity contribution in [3.63, 3.8) is 0 Å². The van der Waals surface area contributed by atoms with Crippen LogP contribution in [0.3, 0.4) is 0 Å². The molecular formula is C30H23CuN6Na3O16S3. The van der Waals surface area contributed by atoms with E-state index in [-0.39, 0.29) is 151 Å². The number of nitrogens with zero attached hydrogens (tertiary/aromatic N) is 6. The first kappa shape index (κ1) is 55.1. The second-order valence-corrected chi connectivity index (χ2v) is 13.2. The number of fused-ring (bicyclic) bond motifs is 1. The van der Waals surface area contributed by atoms with Crippen molar-refractivity contribution >= 4 is 74.0 Å². The van der Waals surface area contributed by atoms with Gasteiger partial charge in [0.1, 0.15) is 33.0 Å². The number of aromatic hydroxyl groups is 3. The van der Waals surface area contributed by atoms with Crippen molar-refractivity contribution in [2.45, 2.75) is 22.6 Å². The average molecular weight is 952 g/mol.